The molecule has 0 saturated heterocycles. The molecule has 0 atom stereocenters. The zero-order chi connectivity index (χ0) is 12.8. The first-order chi connectivity index (χ1) is 8.06. The van der Waals surface area contributed by atoms with Crippen LogP contribution in [0.15, 0.2) is 0 Å². The van der Waals surface area contributed by atoms with Crippen molar-refractivity contribution < 1.29 is 9.53 Å². The Kier molecular flexibility index (Phi) is 5.44. The Labute approximate surface area is 106 Å². The molecule has 0 aliphatic rings. The molecular weight excluding hydrogens is 242 g/mol. The van der Waals surface area contributed by atoms with Gasteiger partial charge in [-0.15, -0.1) is 0 Å². The first kappa shape index (κ1) is 14.0. The molecule has 0 aliphatic heterocycles. The number of nitrogens with zero attached hydrogens (tertiary/aromatic N) is 2. The summed E-state index contributed by atoms with van der Waals surface area (Å²) in [5, 5.41) is 7.61. The molecule has 1 aromatic heterocycles. The van der Waals surface area contributed by atoms with E-state index in [1.165, 1.54) is 0 Å². The third-order valence-corrected chi connectivity index (χ3v) is 2.98. The minimum atomic E-state index is -0.0663. The van der Waals surface area contributed by atoms with E-state index in [2.05, 4.69) is 10.4 Å². The van der Waals surface area contributed by atoms with Crippen molar-refractivity contribution in [2.45, 2.75) is 26.8 Å². The number of rotatable bonds is 6. The fraction of sp³-hybridized carbons (Fsp3) is 0.636. The van der Waals surface area contributed by atoms with Gasteiger partial charge >= 0.3 is 0 Å². The number of aryl methyl sites for hydroxylation is 1. The van der Waals surface area contributed by atoms with E-state index in [1.54, 1.807) is 11.8 Å². The Morgan fingerprint density at radius 3 is 2.76 bits per heavy atom. The fourth-order valence-electron chi connectivity index (χ4n) is 1.47. The van der Waals surface area contributed by atoms with Crippen molar-refractivity contribution in [3.05, 3.63) is 16.4 Å². The number of aromatic nitrogens is 2. The van der Waals surface area contributed by atoms with Crippen LogP contribution in [0.4, 0.5) is 0 Å². The molecule has 1 aromatic rings. The van der Waals surface area contributed by atoms with Crippen LogP contribution in [0, 0.1) is 13.8 Å². The van der Waals surface area contributed by atoms with Crippen molar-refractivity contribution in [2.24, 2.45) is 0 Å². The second-order valence-electron chi connectivity index (χ2n) is 3.84. The lowest BCUT2D eigenvalue weighted by molar-refractivity contribution is -0.121. The first-order valence-electron chi connectivity index (χ1n) is 5.51. The van der Waals surface area contributed by atoms with Crippen LogP contribution in [0.1, 0.15) is 17.8 Å². The predicted octanol–water partition coefficient (Wildman–Crippen LogP) is 1.31. The van der Waals surface area contributed by atoms with Gasteiger partial charge in [-0.3, -0.25) is 9.48 Å². The molecule has 96 valence electrons. The molecule has 1 N–H and O–H groups in total. The summed E-state index contributed by atoms with van der Waals surface area (Å²) in [7, 11) is 1.64. The van der Waals surface area contributed by atoms with Crippen LogP contribution >= 0.6 is 11.6 Å². The van der Waals surface area contributed by atoms with E-state index in [-0.39, 0.29) is 12.5 Å². The molecule has 1 amide bonds. The summed E-state index contributed by atoms with van der Waals surface area (Å²) < 4.78 is 6.51. The van der Waals surface area contributed by atoms with E-state index in [0.717, 1.165) is 17.8 Å². The molecule has 0 radical (unpaired) electrons. The summed E-state index contributed by atoms with van der Waals surface area (Å²) >= 11 is 6.00. The molecule has 6 heteroatoms. The topological polar surface area (TPSA) is 56.1 Å². The van der Waals surface area contributed by atoms with Gasteiger partial charge in [0.1, 0.15) is 6.54 Å². The molecule has 0 saturated carbocycles. The van der Waals surface area contributed by atoms with E-state index in [4.69, 9.17) is 16.3 Å². The van der Waals surface area contributed by atoms with Crippen LogP contribution in [-0.2, 0) is 16.1 Å². The quantitative estimate of drug-likeness (QED) is 0.784. The molecule has 0 bridgehead atoms. The zero-order valence-corrected chi connectivity index (χ0v) is 11.2. The highest BCUT2D eigenvalue weighted by Crippen LogP contribution is 2.18. The van der Waals surface area contributed by atoms with Crippen LogP contribution in [0.3, 0.4) is 0 Å². The molecule has 1 rings (SSSR count). The van der Waals surface area contributed by atoms with E-state index in [0.29, 0.717) is 18.2 Å². The normalized spacial score (nSPS) is 10.6. The van der Waals surface area contributed by atoms with Gasteiger partial charge in [-0.05, 0) is 20.3 Å². The highest BCUT2D eigenvalue weighted by molar-refractivity contribution is 6.31. The number of methoxy groups -OCH3 is 1. The minimum absolute atomic E-state index is 0.0663. The third kappa shape index (κ3) is 4.02. The van der Waals surface area contributed by atoms with Gasteiger partial charge in [0.15, 0.2) is 0 Å². The molecule has 0 unspecified atom stereocenters. The zero-order valence-electron chi connectivity index (χ0n) is 10.4. The van der Waals surface area contributed by atoms with Crippen LogP contribution < -0.4 is 5.32 Å². The van der Waals surface area contributed by atoms with Crippen molar-refractivity contribution in [3.63, 3.8) is 0 Å². The summed E-state index contributed by atoms with van der Waals surface area (Å²) in [5.74, 6) is -0.0663. The largest absolute Gasteiger partial charge is 0.385 e. The Hall–Kier alpha value is -1.07. The van der Waals surface area contributed by atoms with Gasteiger partial charge in [0.05, 0.1) is 16.4 Å². The van der Waals surface area contributed by atoms with Gasteiger partial charge in [-0.25, -0.2) is 0 Å². The standard InChI is InChI=1S/C11H18ClN3O2/c1-8-11(12)9(2)15(14-8)7-10(16)13-5-4-6-17-3/h4-7H2,1-3H3,(H,13,16). The van der Waals surface area contributed by atoms with Crippen LogP contribution in [0.25, 0.3) is 0 Å². The molecule has 0 spiro atoms. The maximum Gasteiger partial charge on any atom is 0.241 e. The van der Waals surface area contributed by atoms with Crippen molar-refractivity contribution in [2.75, 3.05) is 20.3 Å². The second kappa shape index (κ2) is 6.61. The molecular formula is C11H18ClN3O2. The lowest BCUT2D eigenvalue weighted by Gasteiger charge is -2.06. The summed E-state index contributed by atoms with van der Waals surface area (Å²) in [6, 6.07) is 0. The molecule has 0 aliphatic carbocycles. The Morgan fingerprint density at radius 2 is 2.24 bits per heavy atom. The summed E-state index contributed by atoms with van der Waals surface area (Å²) in [5.41, 5.74) is 1.56. The highest BCUT2D eigenvalue weighted by atomic mass is 35.5. The smallest absolute Gasteiger partial charge is 0.241 e. The minimum Gasteiger partial charge on any atom is -0.385 e. The monoisotopic (exact) mass is 259 g/mol. The van der Waals surface area contributed by atoms with E-state index in [1.807, 2.05) is 13.8 Å². The Balaban J connectivity index is 2.42. The third-order valence-electron chi connectivity index (χ3n) is 2.43. The fourth-order valence-corrected chi connectivity index (χ4v) is 1.60. The number of carbonyl (C=O) groups excluding carboxylic acids is 1. The van der Waals surface area contributed by atoms with Crippen LogP contribution in [0.5, 0.6) is 0 Å². The first-order valence-corrected chi connectivity index (χ1v) is 5.89. The maximum absolute atomic E-state index is 11.6. The molecule has 0 aromatic carbocycles. The number of hydrogen-bond acceptors (Lipinski definition) is 3. The van der Waals surface area contributed by atoms with Gasteiger partial charge in [-0.2, -0.15) is 5.10 Å². The van der Waals surface area contributed by atoms with Crippen molar-refractivity contribution >= 4 is 17.5 Å². The number of nitrogens with one attached hydrogen (secondary N) is 1. The SMILES string of the molecule is COCCCNC(=O)Cn1nc(C)c(Cl)c1C. The maximum atomic E-state index is 11.6. The van der Waals surface area contributed by atoms with Crippen molar-refractivity contribution in [1.82, 2.24) is 15.1 Å². The Morgan fingerprint density at radius 1 is 1.53 bits per heavy atom. The number of ether oxygens (including phenoxy) is 1. The molecule has 0 fully saturated rings. The lowest BCUT2D eigenvalue weighted by atomic mass is 10.4. The van der Waals surface area contributed by atoms with Crippen molar-refractivity contribution in [3.8, 4) is 0 Å². The highest BCUT2D eigenvalue weighted by Gasteiger charge is 2.11. The molecule has 5 nitrogen and oxygen atoms in total. The van der Waals surface area contributed by atoms with Gasteiger partial charge in [0.2, 0.25) is 5.91 Å². The van der Waals surface area contributed by atoms with Gasteiger partial charge in [0, 0.05) is 20.3 Å². The summed E-state index contributed by atoms with van der Waals surface area (Å²) in [4.78, 5) is 11.6. The average molecular weight is 260 g/mol. The van der Waals surface area contributed by atoms with Gasteiger partial charge in [0.25, 0.3) is 0 Å². The second-order valence-corrected chi connectivity index (χ2v) is 4.22. The van der Waals surface area contributed by atoms with Gasteiger partial charge < -0.3 is 10.1 Å². The lowest BCUT2D eigenvalue weighted by Crippen LogP contribution is -2.29. The van der Waals surface area contributed by atoms with Crippen LogP contribution in [0.2, 0.25) is 5.02 Å². The Bertz CT molecular complexity index is 390. The molecule has 1 heterocycles. The van der Waals surface area contributed by atoms with Gasteiger partial charge in [-0.1, -0.05) is 11.6 Å². The molecule has 17 heavy (non-hydrogen) atoms. The predicted molar refractivity (Wildman–Crippen MR) is 66.2 cm³/mol. The summed E-state index contributed by atoms with van der Waals surface area (Å²) in [6.07, 6.45) is 0.806. The van der Waals surface area contributed by atoms with Crippen LogP contribution in [-0.4, -0.2) is 35.9 Å². The summed E-state index contributed by atoms with van der Waals surface area (Å²) in [6.45, 7) is 5.13. The number of hydrogen-bond donors (Lipinski definition) is 1. The van der Waals surface area contributed by atoms with E-state index >= 15 is 0 Å². The van der Waals surface area contributed by atoms with Crippen molar-refractivity contribution in [1.29, 1.82) is 0 Å². The number of halogens is 1. The number of amides is 1. The van der Waals surface area contributed by atoms with E-state index in [9.17, 15) is 4.79 Å². The van der Waals surface area contributed by atoms with E-state index < -0.39 is 0 Å². The average Bonchev–Trinajstić information content (AvgIpc) is 2.53. The number of carbonyl (C=O) groups is 1.